The molecular weight excluding hydrogens is 346 g/mol. The molecule has 2 heterocycles. The van der Waals surface area contributed by atoms with E-state index in [9.17, 15) is 9.59 Å². The van der Waals surface area contributed by atoms with E-state index >= 15 is 0 Å². The molecule has 7 nitrogen and oxygen atoms in total. The molecule has 2 aromatic carbocycles. The summed E-state index contributed by atoms with van der Waals surface area (Å²) in [6.07, 6.45) is 0. The van der Waals surface area contributed by atoms with Gasteiger partial charge in [-0.3, -0.25) is 14.5 Å². The van der Waals surface area contributed by atoms with Gasteiger partial charge in [-0.25, -0.2) is 0 Å². The van der Waals surface area contributed by atoms with Gasteiger partial charge >= 0.3 is 0 Å². The van der Waals surface area contributed by atoms with E-state index in [1.807, 2.05) is 24.3 Å². The number of nitrogens with one attached hydrogen (secondary N) is 1. The van der Waals surface area contributed by atoms with Gasteiger partial charge in [-0.15, -0.1) is 0 Å². The largest absolute Gasteiger partial charge is 0.394 e. The number of anilines is 1. The maximum absolute atomic E-state index is 12.9. The molecule has 0 bridgehead atoms. The van der Waals surface area contributed by atoms with Crippen LogP contribution in [0.5, 0.6) is 0 Å². The smallest absolute Gasteiger partial charge is 0.261 e. The lowest BCUT2D eigenvalue weighted by Crippen LogP contribution is -2.44. The monoisotopic (exact) mass is 369 g/mol. The topological polar surface area (TPSA) is 82.1 Å². The third kappa shape index (κ3) is 3.18. The second-order valence-electron chi connectivity index (χ2n) is 6.70. The van der Waals surface area contributed by atoms with Crippen molar-refractivity contribution < 1.29 is 19.4 Å². The second kappa shape index (κ2) is 7.64. The van der Waals surface area contributed by atoms with Crippen LogP contribution in [0, 0.1) is 0 Å². The number of imide groups is 1. The average Bonchev–Trinajstić information content (AvgIpc) is 2.71. The van der Waals surface area contributed by atoms with Crippen molar-refractivity contribution >= 4 is 28.3 Å². The van der Waals surface area contributed by atoms with E-state index in [0.29, 0.717) is 11.1 Å². The molecule has 142 valence electrons. The van der Waals surface area contributed by atoms with Gasteiger partial charge in [-0.2, -0.15) is 0 Å². The number of ether oxygens (including phenoxy) is 1. The standard InChI is InChI=1S/C20H23N3O4/c24-11-13-27-12-10-23-19(25)15-3-1-2-14-17(22-8-6-21-7-9-22)5-4-16(18(14)15)20(23)26/h1-5,21,24H,6-13H2. The van der Waals surface area contributed by atoms with Crippen molar-refractivity contribution in [2.75, 3.05) is 57.4 Å². The van der Waals surface area contributed by atoms with E-state index in [1.165, 1.54) is 4.90 Å². The Balaban J connectivity index is 1.71. The molecule has 2 aromatic rings. The molecule has 0 atom stereocenters. The highest BCUT2D eigenvalue weighted by molar-refractivity contribution is 6.26. The van der Waals surface area contributed by atoms with Gasteiger partial charge in [0.1, 0.15) is 0 Å². The summed E-state index contributed by atoms with van der Waals surface area (Å²) in [4.78, 5) is 29.4. The van der Waals surface area contributed by atoms with Crippen LogP contribution in [0.1, 0.15) is 20.7 Å². The number of amides is 2. The van der Waals surface area contributed by atoms with Gasteiger partial charge in [0.2, 0.25) is 0 Å². The molecule has 1 fully saturated rings. The number of piperazine rings is 1. The first-order valence-corrected chi connectivity index (χ1v) is 9.28. The molecule has 2 amide bonds. The Morgan fingerprint density at radius 2 is 1.74 bits per heavy atom. The van der Waals surface area contributed by atoms with Crippen LogP contribution in [-0.2, 0) is 4.74 Å². The van der Waals surface area contributed by atoms with Crippen molar-refractivity contribution in [1.82, 2.24) is 10.2 Å². The Morgan fingerprint density at radius 1 is 1.00 bits per heavy atom. The van der Waals surface area contributed by atoms with Crippen molar-refractivity contribution in [3.8, 4) is 0 Å². The van der Waals surface area contributed by atoms with Crippen molar-refractivity contribution in [2.24, 2.45) is 0 Å². The predicted octanol–water partition coefficient (Wildman–Crippen LogP) is 0.854. The van der Waals surface area contributed by atoms with E-state index in [1.54, 1.807) is 6.07 Å². The summed E-state index contributed by atoms with van der Waals surface area (Å²) in [6, 6.07) is 9.46. The molecule has 0 spiro atoms. The number of hydrogen-bond donors (Lipinski definition) is 2. The predicted molar refractivity (Wildman–Crippen MR) is 102 cm³/mol. The summed E-state index contributed by atoms with van der Waals surface area (Å²) in [5.74, 6) is -0.577. The van der Waals surface area contributed by atoms with Crippen LogP contribution in [0.3, 0.4) is 0 Å². The highest BCUT2D eigenvalue weighted by Gasteiger charge is 2.33. The molecular formula is C20H23N3O4. The first kappa shape index (κ1) is 17.9. The van der Waals surface area contributed by atoms with E-state index < -0.39 is 0 Å². The highest BCUT2D eigenvalue weighted by atomic mass is 16.5. The number of aliphatic hydroxyl groups excluding tert-OH is 1. The van der Waals surface area contributed by atoms with Crippen molar-refractivity contribution in [3.63, 3.8) is 0 Å². The van der Waals surface area contributed by atoms with Crippen LogP contribution in [0.2, 0.25) is 0 Å². The van der Waals surface area contributed by atoms with E-state index in [-0.39, 0.29) is 38.2 Å². The van der Waals surface area contributed by atoms with Crippen molar-refractivity contribution in [3.05, 3.63) is 41.5 Å². The lowest BCUT2D eigenvalue weighted by molar-refractivity contribution is 0.0478. The van der Waals surface area contributed by atoms with Crippen LogP contribution < -0.4 is 10.2 Å². The van der Waals surface area contributed by atoms with Crippen LogP contribution >= 0.6 is 0 Å². The molecule has 0 unspecified atom stereocenters. The number of carbonyl (C=O) groups excluding carboxylic acids is 2. The summed E-state index contributed by atoms with van der Waals surface area (Å²) in [5.41, 5.74) is 2.18. The quantitative estimate of drug-likeness (QED) is 0.580. The van der Waals surface area contributed by atoms with Gasteiger partial charge in [0.25, 0.3) is 11.8 Å². The molecule has 0 radical (unpaired) electrons. The molecule has 1 saturated heterocycles. The molecule has 2 aliphatic heterocycles. The van der Waals surface area contributed by atoms with E-state index in [4.69, 9.17) is 9.84 Å². The first-order valence-electron chi connectivity index (χ1n) is 9.28. The fourth-order valence-corrected chi connectivity index (χ4v) is 3.84. The average molecular weight is 369 g/mol. The van der Waals surface area contributed by atoms with Gasteiger partial charge < -0.3 is 20.1 Å². The maximum Gasteiger partial charge on any atom is 0.261 e. The van der Waals surface area contributed by atoms with Crippen molar-refractivity contribution in [2.45, 2.75) is 0 Å². The summed E-state index contributed by atoms with van der Waals surface area (Å²) in [5, 5.41) is 13.8. The maximum atomic E-state index is 12.9. The number of carbonyl (C=O) groups is 2. The van der Waals surface area contributed by atoms with Gasteiger partial charge in [0.05, 0.1) is 26.4 Å². The first-order chi connectivity index (χ1) is 13.2. The summed E-state index contributed by atoms with van der Waals surface area (Å²) in [6.45, 7) is 4.12. The minimum absolute atomic E-state index is 0.0845. The molecule has 2 aliphatic rings. The molecule has 4 rings (SSSR count). The Morgan fingerprint density at radius 3 is 2.48 bits per heavy atom. The van der Waals surface area contributed by atoms with Crippen LogP contribution in [-0.4, -0.2) is 74.4 Å². The number of hydrogen-bond acceptors (Lipinski definition) is 6. The fraction of sp³-hybridized carbons (Fsp3) is 0.400. The van der Waals surface area contributed by atoms with Gasteiger partial charge in [0.15, 0.2) is 0 Å². The Bertz CT molecular complexity index is 855. The summed E-state index contributed by atoms with van der Waals surface area (Å²) < 4.78 is 5.23. The molecule has 7 heteroatoms. The molecule has 2 N–H and O–H groups in total. The zero-order chi connectivity index (χ0) is 18.8. The summed E-state index contributed by atoms with van der Waals surface area (Å²) in [7, 11) is 0. The zero-order valence-corrected chi connectivity index (χ0v) is 15.1. The van der Waals surface area contributed by atoms with Crippen molar-refractivity contribution in [1.29, 1.82) is 0 Å². The minimum atomic E-state index is -0.289. The van der Waals surface area contributed by atoms with Crippen LogP contribution in [0.15, 0.2) is 30.3 Å². The third-order valence-electron chi connectivity index (χ3n) is 5.12. The van der Waals surface area contributed by atoms with Gasteiger partial charge in [0, 0.05) is 53.8 Å². The van der Waals surface area contributed by atoms with E-state index in [0.717, 1.165) is 42.6 Å². The minimum Gasteiger partial charge on any atom is -0.394 e. The number of rotatable bonds is 6. The number of nitrogens with zero attached hydrogens (tertiary/aromatic N) is 2. The molecule has 0 saturated carbocycles. The SMILES string of the molecule is O=C1c2cccc3c(N4CCNCC4)ccc(c23)C(=O)N1CCOCCO. The second-order valence-corrected chi connectivity index (χ2v) is 6.70. The zero-order valence-electron chi connectivity index (χ0n) is 15.1. The normalized spacial score (nSPS) is 17.1. The fourth-order valence-electron chi connectivity index (χ4n) is 3.84. The van der Waals surface area contributed by atoms with E-state index in [2.05, 4.69) is 10.2 Å². The van der Waals surface area contributed by atoms with Crippen LogP contribution in [0.4, 0.5) is 5.69 Å². The lowest BCUT2D eigenvalue weighted by Gasteiger charge is -2.32. The Kier molecular flexibility index (Phi) is 5.07. The number of benzene rings is 2. The lowest BCUT2D eigenvalue weighted by atomic mass is 9.92. The molecule has 0 aromatic heterocycles. The highest BCUT2D eigenvalue weighted by Crippen LogP contribution is 2.36. The Labute approximate surface area is 157 Å². The molecule has 0 aliphatic carbocycles. The van der Waals surface area contributed by atoms with Gasteiger partial charge in [-0.05, 0) is 18.2 Å². The third-order valence-corrected chi connectivity index (χ3v) is 5.12. The summed E-state index contributed by atoms with van der Waals surface area (Å²) >= 11 is 0. The van der Waals surface area contributed by atoms with Gasteiger partial charge in [-0.1, -0.05) is 12.1 Å². The molecule has 27 heavy (non-hydrogen) atoms. The van der Waals surface area contributed by atoms with Crippen LogP contribution in [0.25, 0.3) is 10.8 Å². The number of aliphatic hydroxyl groups is 1. The Hall–Kier alpha value is -2.48.